The number of hydrogen-bond acceptors (Lipinski definition) is 2. The molecule has 3 rings (SSSR count). The average Bonchev–Trinajstić information content (AvgIpc) is 3.06. The lowest BCUT2D eigenvalue weighted by molar-refractivity contribution is -0.119. The number of carbonyl (C=O) groups is 1. The summed E-state index contributed by atoms with van der Waals surface area (Å²) in [5.74, 6) is 0.120. The van der Waals surface area contributed by atoms with Gasteiger partial charge in [-0.15, -0.1) is 0 Å². The van der Waals surface area contributed by atoms with Crippen LogP contribution in [0.15, 0.2) is 42.7 Å². The van der Waals surface area contributed by atoms with E-state index in [9.17, 15) is 4.79 Å². The highest BCUT2D eigenvalue weighted by Crippen LogP contribution is 2.18. The Balaban J connectivity index is 1.55. The summed E-state index contributed by atoms with van der Waals surface area (Å²) < 4.78 is 0. The van der Waals surface area contributed by atoms with E-state index in [1.807, 2.05) is 6.07 Å². The molecular weight excluding hydrogens is 250 g/mol. The van der Waals surface area contributed by atoms with Crippen molar-refractivity contribution in [2.75, 3.05) is 6.54 Å². The monoisotopic (exact) mass is 269 g/mol. The maximum Gasteiger partial charge on any atom is 0.220 e. The smallest absolute Gasteiger partial charge is 0.220 e. The molecule has 1 amide bonds. The summed E-state index contributed by atoms with van der Waals surface area (Å²) in [7, 11) is 0. The van der Waals surface area contributed by atoms with Crippen molar-refractivity contribution in [1.82, 2.24) is 15.6 Å². The number of para-hydroxylation sites is 1. The van der Waals surface area contributed by atoms with Crippen molar-refractivity contribution in [1.29, 1.82) is 0 Å². The van der Waals surface area contributed by atoms with Gasteiger partial charge in [-0.05, 0) is 24.5 Å². The lowest BCUT2D eigenvalue weighted by atomic mass is 10.1. The molecule has 0 aliphatic carbocycles. The molecule has 1 aliphatic rings. The van der Waals surface area contributed by atoms with E-state index < -0.39 is 0 Å². The predicted octanol–water partition coefficient (Wildman–Crippen LogP) is 2.09. The SMILES string of the molecule is C=C(NCCc1c[nH]c2ccccc12)C1CCC(=O)N1. The second-order valence-electron chi connectivity index (χ2n) is 5.22. The highest BCUT2D eigenvalue weighted by atomic mass is 16.1. The molecule has 1 aromatic heterocycles. The van der Waals surface area contributed by atoms with Gasteiger partial charge in [0, 0.05) is 35.8 Å². The van der Waals surface area contributed by atoms with Crippen LogP contribution in [-0.4, -0.2) is 23.5 Å². The van der Waals surface area contributed by atoms with Crippen molar-refractivity contribution in [2.24, 2.45) is 0 Å². The average molecular weight is 269 g/mol. The largest absolute Gasteiger partial charge is 0.387 e. The Bertz CT molecular complexity index is 644. The molecule has 1 aromatic carbocycles. The summed E-state index contributed by atoms with van der Waals surface area (Å²) in [6.07, 6.45) is 4.45. The van der Waals surface area contributed by atoms with E-state index in [-0.39, 0.29) is 11.9 Å². The maximum atomic E-state index is 11.2. The molecule has 0 spiro atoms. The highest BCUT2D eigenvalue weighted by Gasteiger charge is 2.22. The van der Waals surface area contributed by atoms with Crippen molar-refractivity contribution in [3.05, 3.63) is 48.3 Å². The number of aromatic amines is 1. The van der Waals surface area contributed by atoms with Crippen LogP contribution in [-0.2, 0) is 11.2 Å². The Labute approximate surface area is 118 Å². The molecule has 0 bridgehead atoms. The van der Waals surface area contributed by atoms with Gasteiger partial charge in [-0.1, -0.05) is 24.8 Å². The molecule has 4 heteroatoms. The zero-order chi connectivity index (χ0) is 13.9. The van der Waals surface area contributed by atoms with Crippen molar-refractivity contribution in [3.63, 3.8) is 0 Å². The van der Waals surface area contributed by atoms with Gasteiger partial charge in [0.1, 0.15) is 0 Å². The molecule has 1 fully saturated rings. The van der Waals surface area contributed by atoms with Crippen LogP contribution < -0.4 is 10.6 Å². The number of hydrogen-bond donors (Lipinski definition) is 3. The van der Waals surface area contributed by atoms with Crippen molar-refractivity contribution >= 4 is 16.8 Å². The second kappa shape index (κ2) is 5.41. The van der Waals surface area contributed by atoms with Crippen LogP contribution in [0.5, 0.6) is 0 Å². The first kappa shape index (κ1) is 12.8. The predicted molar refractivity (Wildman–Crippen MR) is 80.3 cm³/mol. The van der Waals surface area contributed by atoms with E-state index >= 15 is 0 Å². The number of carbonyl (C=O) groups excluding carboxylic acids is 1. The van der Waals surface area contributed by atoms with Crippen LogP contribution >= 0.6 is 0 Å². The van der Waals surface area contributed by atoms with Crippen molar-refractivity contribution in [3.8, 4) is 0 Å². The number of nitrogens with one attached hydrogen (secondary N) is 3. The number of benzene rings is 1. The fourth-order valence-corrected chi connectivity index (χ4v) is 2.69. The van der Waals surface area contributed by atoms with E-state index in [1.165, 1.54) is 16.5 Å². The molecule has 1 unspecified atom stereocenters. The van der Waals surface area contributed by atoms with Gasteiger partial charge in [0.05, 0.1) is 6.04 Å². The van der Waals surface area contributed by atoms with Crippen LogP contribution in [0.3, 0.4) is 0 Å². The minimum atomic E-state index is 0.0884. The van der Waals surface area contributed by atoms with E-state index in [1.54, 1.807) is 0 Å². The summed E-state index contributed by atoms with van der Waals surface area (Å²) in [6, 6.07) is 8.39. The third-order valence-corrected chi connectivity index (χ3v) is 3.84. The topological polar surface area (TPSA) is 56.9 Å². The lowest BCUT2D eigenvalue weighted by Crippen LogP contribution is -2.33. The number of fused-ring (bicyclic) bond motifs is 1. The summed E-state index contributed by atoms with van der Waals surface area (Å²) in [5.41, 5.74) is 3.39. The Morgan fingerprint density at radius 2 is 2.25 bits per heavy atom. The van der Waals surface area contributed by atoms with Gasteiger partial charge >= 0.3 is 0 Å². The maximum absolute atomic E-state index is 11.2. The molecule has 2 aromatic rings. The van der Waals surface area contributed by atoms with Crippen LogP contribution in [0.4, 0.5) is 0 Å². The first-order valence-corrected chi connectivity index (χ1v) is 7.01. The summed E-state index contributed by atoms with van der Waals surface area (Å²) in [6.45, 7) is 4.85. The molecule has 1 saturated heterocycles. The number of H-pyrrole nitrogens is 1. The van der Waals surface area contributed by atoms with Crippen LogP contribution in [0.2, 0.25) is 0 Å². The number of amides is 1. The summed E-state index contributed by atoms with van der Waals surface area (Å²) >= 11 is 0. The summed E-state index contributed by atoms with van der Waals surface area (Å²) in [5, 5.41) is 7.52. The van der Waals surface area contributed by atoms with E-state index in [0.29, 0.717) is 6.42 Å². The fraction of sp³-hybridized carbons (Fsp3) is 0.312. The Hall–Kier alpha value is -2.23. The van der Waals surface area contributed by atoms with Crippen molar-refractivity contribution < 1.29 is 4.79 Å². The zero-order valence-corrected chi connectivity index (χ0v) is 11.4. The lowest BCUT2D eigenvalue weighted by Gasteiger charge is -2.15. The molecule has 2 heterocycles. The Morgan fingerprint density at radius 1 is 1.40 bits per heavy atom. The molecule has 0 saturated carbocycles. The quantitative estimate of drug-likeness (QED) is 0.778. The van der Waals surface area contributed by atoms with E-state index in [4.69, 9.17) is 0 Å². The first-order chi connectivity index (χ1) is 9.74. The third-order valence-electron chi connectivity index (χ3n) is 3.84. The van der Waals surface area contributed by atoms with Crippen LogP contribution in [0.25, 0.3) is 10.9 Å². The van der Waals surface area contributed by atoms with Gasteiger partial charge in [0.2, 0.25) is 5.91 Å². The van der Waals surface area contributed by atoms with Gasteiger partial charge < -0.3 is 15.6 Å². The normalized spacial score (nSPS) is 18.2. The number of aromatic nitrogens is 1. The van der Waals surface area contributed by atoms with Crippen LogP contribution in [0, 0.1) is 0 Å². The summed E-state index contributed by atoms with van der Waals surface area (Å²) in [4.78, 5) is 14.5. The van der Waals surface area contributed by atoms with Gasteiger partial charge in [0.25, 0.3) is 0 Å². The second-order valence-corrected chi connectivity index (χ2v) is 5.22. The van der Waals surface area contributed by atoms with E-state index in [2.05, 4.69) is 46.6 Å². The molecule has 3 N–H and O–H groups in total. The van der Waals surface area contributed by atoms with Gasteiger partial charge in [-0.25, -0.2) is 0 Å². The highest BCUT2D eigenvalue weighted by molar-refractivity contribution is 5.83. The fourth-order valence-electron chi connectivity index (χ4n) is 2.69. The molecule has 0 radical (unpaired) electrons. The van der Waals surface area contributed by atoms with Gasteiger partial charge in [-0.3, -0.25) is 4.79 Å². The molecule has 20 heavy (non-hydrogen) atoms. The minimum Gasteiger partial charge on any atom is -0.387 e. The van der Waals surface area contributed by atoms with Crippen LogP contribution in [0.1, 0.15) is 18.4 Å². The number of rotatable bonds is 5. The van der Waals surface area contributed by atoms with E-state index in [0.717, 1.165) is 25.1 Å². The van der Waals surface area contributed by atoms with Gasteiger partial charge in [0.15, 0.2) is 0 Å². The molecule has 4 nitrogen and oxygen atoms in total. The minimum absolute atomic E-state index is 0.0884. The first-order valence-electron chi connectivity index (χ1n) is 7.01. The van der Waals surface area contributed by atoms with Gasteiger partial charge in [-0.2, -0.15) is 0 Å². The molecule has 104 valence electrons. The molecular formula is C16H19N3O. The van der Waals surface area contributed by atoms with Crippen molar-refractivity contribution in [2.45, 2.75) is 25.3 Å². The molecule has 1 aliphatic heterocycles. The zero-order valence-electron chi connectivity index (χ0n) is 11.4. The Kier molecular flexibility index (Phi) is 3.46. The standard InChI is InChI=1S/C16H19N3O/c1-11(14-6-7-16(20)19-14)17-9-8-12-10-18-15-5-3-2-4-13(12)15/h2-5,10,14,17-18H,1,6-9H2,(H,19,20). The Morgan fingerprint density at radius 3 is 3.05 bits per heavy atom. The molecule has 1 atom stereocenters. The third kappa shape index (κ3) is 2.54.